The summed E-state index contributed by atoms with van der Waals surface area (Å²) in [6, 6.07) is 7.20. The zero-order valence-corrected chi connectivity index (χ0v) is 14.0. The summed E-state index contributed by atoms with van der Waals surface area (Å²) in [5, 5.41) is 3.00. The van der Waals surface area contributed by atoms with E-state index in [1.807, 2.05) is 52.0 Å². The lowest BCUT2D eigenvalue weighted by Gasteiger charge is -2.25. The molecule has 0 aliphatic rings. The first-order valence-corrected chi connectivity index (χ1v) is 7.50. The van der Waals surface area contributed by atoms with Gasteiger partial charge in [-0.2, -0.15) is 0 Å². The second-order valence-electron chi connectivity index (χ2n) is 6.39. The molecule has 5 heteroatoms. The minimum atomic E-state index is -0.501. The average Bonchev–Trinajstić information content (AvgIpc) is 2.89. The fraction of sp³-hybridized carbons (Fsp3) is 0.333. The number of ether oxygens (including phenoxy) is 1. The van der Waals surface area contributed by atoms with Gasteiger partial charge in [-0.3, -0.25) is 0 Å². The number of aromatic amines is 1. The number of carbonyl (C=O) groups excluding carboxylic acids is 1. The first-order valence-electron chi connectivity index (χ1n) is 7.50. The highest BCUT2D eigenvalue weighted by Crippen LogP contribution is 2.22. The quantitative estimate of drug-likeness (QED) is 0.633. The van der Waals surface area contributed by atoms with Crippen LogP contribution in [0.3, 0.4) is 0 Å². The van der Waals surface area contributed by atoms with Crippen molar-refractivity contribution >= 4 is 6.29 Å². The molecule has 0 radical (unpaired) electrons. The van der Waals surface area contributed by atoms with Gasteiger partial charge in [-0.25, -0.2) is 4.98 Å². The Morgan fingerprint density at radius 1 is 1.35 bits per heavy atom. The van der Waals surface area contributed by atoms with Crippen molar-refractivity contribution < 1.29 is 9.53 Å². The van der Waals surface area contributed by atoms with E-state index in [0.29, 0.717) is 5.88 Å². The minimum absolute atomic E-state index is 0.362. The molecule has 0 spiro atoms. The summed E-state index contributed by atoms with van der Waals surface area (Å²) in [5.74, 6) is 0.377. The van der Waals surface area contributed by atoms with Gasteiger partial charge in [0.25, 0.3) is 0 Å². The number of hydrogen-bond acceptors (Lipinski definition) is 4. The number of hydrogen-bond donors (Lipinski definition) is 2. The van der Waals surface area contributed by atoms with Crippen molar-refractivity contribution in [3.63, 3.8) is 0 Å². The maximum absolute atomic E-state index is 11.4. The number of aromatic nitrogens is 2. The molecular formula is C18H23N3O2. The van der Waals surface area contributed by atoms with Gasteiger partial charge in [0.2, 0.25) is 0 Å². The van der Waals surface area contributed by atoms with E-state index in [2.05, 4.69) is 21.9 Å². The Kier molecular flexibility index (Phi) is 4.89. The van der Waals surface area contributed by atoms with Gasteiger partial charge in [-0.1, -0.05) is 24.3 Å². The van der Waals surface area contributed by atoms with Crippen LogP contribution in [0.15, 0.2) is 43.1 Å². The molecule has 0 amide bonds. The average molecular weight is 313 g/mol. The van der Waals surface area contributed by atoms with Crippen LogP contribution in [-0.4, -0.2) is 21.9 Å². The maximum atomic E-state index is 11.4. The van der Waals surface area contributed by atoms with Crippen molar-refractivity contribution in [1.29, 1.82) is 0 Å². The van der Waals surface area contributed by atoms with E-state index in [-0.39, 0.29) is 5.60 Å². The molecule has 2 rings (SSSR count). The van der Waals surface area contributed by atoms with Crippen molar-refractivity contribution in [2.75, 3.05) is 0 Å². The third-order valence-electron chi connectivity index (χ3n) is 3.26. The topological polar surface area (TPSA) is 67.0 Å². The molecule has 5 nitrogen and oxygen atoms in total. The lowest BCUT2D eigenvalue weighted by atomic mass is 10.0. The van der Waals surface area contributed by atoms with Gasteiger partial charge in [0.05, 0.1) is 12.0 Å². The van der Waals surface area contributed by atoms with E-state index in [4.69, 9.17) is 4.74 Å². The Morgan fingerprint density at radius 2 is 2.00 bits per heavy atom. The Bertz CT molecular complexity index is 681. The van der Waals surface area contributed by atoms with Crippen LogP contribution in [0.5, 0.6) is 0 Å². The fourth-order valence-electron chi connectivity index (χ4n) is 2.27. The van der Waals surface area contributed by atoms with Gasteiger partial charge in [-0.15, -0.1) is 0 Å². The number of nitrogens with one attached hydrogen (secondary N) is 2. The zero-order valence-electron chi connectivity index (χ0n) is 14.0. The van der Waals surface area contributed by atoms with Crippen LogP contribution in [0.25, 0.3) is 11.3 Å². The summed E-state index contributed by atoms with van der Waals surface area (Å²) in [6.45, 7) is 11.6. The van der Waals surface area contributed by atoms with Crippen molar-refractivity contribution in [2.45, 2.75) is 39.3 Å². The highest BCUT2D eigenvalue weighted by molar-refractivity contribution is 5.65. The van der Waals surface area contributed by atoms with E-state index in [1.165, 1.54) is 0 Å². The first kappa shape index (κ1) is 16.8. The molecule has 0 unspecified atom stereocenters. The van der Waals surface area contributed by atoms with Crippen molar-refractivity contribution in [3.05, 3.63) is 54.3 Å². The second kappa shape index (κ2) is 6.69. The predicted molar refractivity (Wildman–Crippen MR) is 90.7 cm³/mol. The third kappa shape index (κ3) is 4.45. The van der Waals surface area contributed by atoms with E-state index >= 15 is 0 Å². The number of aldehydes is 1. The number of rotatable bonds is 6. The van der Waals surface area contributed by atoms with Crippen molar-refractivity contribution in [1.82, 2.24) is 15.3 Å². The molecule has 0 saturated heterocycles. The molecule has 23 heavy (non-hydrogen) atoms. The normalized spacial score (nSPS) is 12.5. The van der Waals surface area contributed by atoms with E-state index < -0.39 is 6.04 Å². The standard InChI is InChI=1S/C18H23N3O2/c1-12-17(20-11-19-12)15-8-6-14(7-9-15)16(10-22)21-13(2)23-18(3,4)5/h6-11,16,21H,2H2,1,3-5H3,(H,19,20)/t16-/m0/s1. The highest BCUT2D eigenvalue weighted by atomic mass is 16.5. The molecule has 1 aromatic heterocycles. The van der Waals surface area contributed by atoms with Crippen LogP contribution in [0.2, 0.25) is 0 Å². The van der Waals surface area contributed by atoms with Gasteiger partial charge >= 0.3 is 0 Å². The van der Waals surface area contributed by atoms with Crippen LogP contribution >= 0.6 is 0 Å². The number of H-pyrrole nitrogens is 1. The van der Waals surface area contributed by atoms with Gasteiger partial charge in [0.1, 0.15) is 17.9 Å². The van der Waals surface area contributed by atoms with Gasteiger partial charge in [0, 0.05) is 11.3 Å². The summed E-state index contributed by atoms with van der Waals surface area (Å²) in [5.41, 5.74) is 3.40. The highest BCUT2D eigenvalue weighted by Gasteiger charge is 2.16. The molecule has 1 heterocycles. The molecule has 0 saturated carbocycles. The summed E-state index contributed by atoms with van der Waals surface area (Å²) < 4.78 is 5.61. The Labute approximate surface area is 136 Å². The van der Waals surface area contributed by atoms with Crippen LogP contribution < -0.4 is 5.32 Å². The smallest absolute Gasteiger partial charge is 0.180 e. The molecule has 1 aromatic carbocycles. The number of aryl methyl sites for hydroxylation is 1. The van der Waals surface area contributed by atoms with Crippen molar-refractivity contribution in [3.8, 4) is 11.3 Å². The summed E-state index contributed by atoms with van der Waals surface area (Å²) >= 11 is 0. The number of nitrogens with zero attached hydrogens (tertiary/aromatic N) is 1. The molecule has 0 aliphatic heterocycles. The number of benzene rings is 1. The van der Waals surface area contributed by atoms with E-state index in [9.17, 15) is 4.79 Å². The molecule has 0 bridgehead atoms. The number of imidazole rings is 1. The zero-order chi connectivity index (χ0) is 17.0. The van der Waals surface area contributed by atoms with Crippen LogP contribution in [0.1, 0.15) is 38.1 Å². The predicted octanol–water partition coefficient (Wildman–Crippen LogP) is 3.50. The lowest BCUT2D eigenvalue weighted by molar-refractivity contribution is -0.110. The molecule has 2 aromatic rings. The summed E-state index contributed by atoms with van der Waals surface area (Å²) in [7, 11) is 0. The van der Waals surface area contributed by atoms with Crippen molar-refractivity contribution in [2.24, 2.45) is 0 Å². The molecule has 0 aliphatic carbocycles. The molecule has 1 atom stereocenters. The van der Waals surface area contributed by atoms with Crippen LogP contribution in [-0.2, 0) is 9.53 Å². The Morgan fingerprint density at radius 3 is 2.48 bits per heavy atom. The first-order chi connectivity index (χ1) is 10.8. The molecule has 0 fully saturated rings. The van der Waals surface area contributed by atoms with Crippen LogP contribution in [0.4, 0.5) is 0 Å². The molecule has 2 N–H and O–H groups in total. The molecular weight excluding hydrogens is 290 g/mol. The monoisotopic (exact) mass is 313 g/mol. The summed E-state index contributed by atoms with van der Waals surface area (Å²) in [4.78, 5) is 18.7. The van der Waals surface area contributed by atoms with E-state index in [0.717, 1.165) is 28.8 Å². The number of carbonyl (C=O) groups is 1. The summed E-state index contributed by atoms with van der Waals surface area (Å²) in [6.07, 6.45) is 2.51. The molecule has 122 valence electrons. The maximum Gasteiger partial charge on any atom is 0.180 e. The van der Waals surface area contributed by atoms with Crippen LogP contribution in [0, 0.1) is 6.92 Å². The van der Waals surface area contributed by atoms with Gasteiger partial charge in [0.15, 0.2) is 5.88 Å². The van der Waals surface area contributed by atoms with Gasteiger partial charge < -0.3 is 19.8 Å². The minimum Gasteiger partial charge on any atom is -0.474 e. The third-order valence-corrected chi connectivity index (χ3v) is 3.26. The van der Waals surface area contributed by atoms with Gasteiger partial charge in [-0.05, 0) is 39.8 Å². The lowest BCUT2D eigenvalue weighted by Crippen LogP contribution is -2.28. The van der Waals surface area contributed by atoms with E-state index in [1.54, 1.807) is 6.33 Å². The Hall–Kier alpha value is -2.56. The second-order valence-corrected chi connectivity index (χ2v) is 6.39. The fourth-order valence-corrected chi connectivity index (χ4v) is 2.27. The Balaban J connectivity index is 2.12. The SMILES string of the molecule is C=C(N[C@@H](C=O)c1ccc(-c2nc[nH]c2C)cc1)OC(C)(C)C. The largest absolute Gasteiger partial charge is 0.474 e.